The predicted molar refractivity (Wildman–Crippen MR) is 113 cm³/mol. The average Bonchev–Trinajstić information content (AvgIpc) is 3.03. The van der Waals surface area contributed by atoms with Crippen molar-refractivity contribution >= 4 is 17.5 Å². The molecule has 5 heteroatoms. The van der Waals surface area contributed by atoms with E-state index in [1.54, 1.807) is 0 Å². The second-order valence-corrected chi connectivity index (χ2v) is 8.42. The van der Waals surface area contributed by atoms with Crippen molar-refractivity contribution in [2.45, 2.75) is 44.8 Å². The van der Waals surface area contributed by atoms with E-state index in [0.717, 1.165) is 44.5 Å². The van der Waals surface area contributed by atoms with Crippen LogP contribution in [0.15, 0.2) is 42.5 Å². The first-order chi connectivity index (χ1) is 14.1. The first-order valence-corrected chi connectivity index (χ1v) is 10.7. The van der Waals surface area contributed by atoms with Crippen LogP contribution in [-0.2, 0) is 13.0 Å². The molecule has 150 valence electrons. The van der Waals surface area contributed by atoms with Gasteiger partial charge in [0.25, 0.3) is 11.8 Å². The molecule has 3 aliphatic rings. The zero-order chi connectivity index (χ0) is 20.0. The van der Waals surface area contributed by atoms with E-state index >= 15 is 0 Å². The lowest BCUT2D eigenvalue weighted by Crippen LogP contribution is -2.53. The quantitative estimate of drug-likeness (QED) is 0.747. The number of hydrogen-bond donors (Lipinski definition) is 0. The lowest BCUT2D eigenvalue weighted by molar-refractivity contribution is 0.0659. The number of nitrogens with zero attached hydrogens (tertiary/aromatic N) is 3. The molecular formula is C24H27N3O2. The van der Waals surface area contributed by atoms with Gasteiger partial charge in [0.15, 0.2) is 0 Å². The van der Waals surface area contributed by atoms with Gasteiger partial charge in [-0.15, -0.1) is 0 Å². The minimum atomic E-state index is 0.0476. The van der Waals surface area contributed by atoms with E-state index < -0.39 is 0 Å². The standard InChI is InChI=1S/C24H27N3O2/c1-25-21-15-18(23(28)26-14-12-17-7-4-5-8-19(17)16-26)10-11-20(21)24(29)27-13-6-2-3-9-22(25)27/h4-5,7-8,10-11,15,22H,2-3,6,9,12-14,16H2,1H3/t22-/m1/s1. The number of carbonyl (C=O) groups excluding carboxylic acids is 2. The molecule has 3 aliphatic heterocycles. The van der Waals surface area contributed by atoms with Gasteiger partial charge >= 0.3 is 0 Å². The first kappa shape index (κ1) is 18.2. The van der Waals surface area contributed by atoms with Gasteiger partial charge in [-0.2, -0.15) is 0 Å². The molecule has 5 rings (SSSR count). The highest BCUT2D eigenvalue weighted by molar-refractivity contribution is 6.04. The van der Waals surface area contributed by atoms with Gasteiger partial charge in [0.05, 0.1) is 11.3 Å². The van der Waals surface area contributed by atoms with E-state index in [0.29, 0.717) is 17.7 Å². The van der Waals surface area contributed by atoms with E-state index in [2.05, 4.69) is 30.1 Å². The normalized spacial score (nSPS) is 21.2. The molecule has 29 heavy (non-hydrogen) atoms. The monoisotopic (exact) mass is 389 g/mol. The van der Waals surface area contributed by atoms with Gasteiger partial charge in [-0.05, 0) is 55.0 Å². The Morgan fingerprint density at radius 1 is 1.00 bits per heavy atom. The number of hydrogen-bond acceptors (Lipinski definition) is 3. The third-order valence-electron chi connectivity index (χ3n) is 6.70. The minimum absolute atomic E-state index is 0.0476. The van der Waals surface area contributed by atoms with Crippen LogP contribution in [-0.4, -0.2) is 47.9 Å². The number of amides is 2. The highest BCUT2D eigenvalue weighted by Gasteiger charge is 2.36. The van der Waals surface area contributed by atoms with Crippen LogP contribution in [0, 0.1) is 0 Å². The molecule has 3 heterocycles. The van der Waals surface area contributed by atoms with E-state index in [1.165, 1.54) is 17.5 Å². The minimum Gasteiger partial charge on any atom is -0.354 e. The first-order valence-electron chi connectivity index (χ1n) is 10.7. The maximum atomic E-state index is 13.2. The molecule has 0 aromatic heterocycles. The molecule has 0 saturated carbocycles. The molecule has 0 bridgehead atoms. The Morgan fingerprint density at radius 2 is 1.83 bits per heavy atom. The van der Waals surface area contributed by atoms with Crippen molar-refractivity contribution in [3.63, 3.8) is 0 Å². The fourth-order valence-electron chi connectivity index (χ4n) is 5.03. The summed E-state index contributed by atoms with van der Waals surface area (Å²) in [7, 11) is 2.06. The number of anilines is 1. The van der Waals surface area contributed by atoms with Gasteiger partial charge in [0, 0.05) is 32.2 Å². The van der Waals surface area contributed by atoms with Crippen LogP contribution >= 0.6 is 0 Å². The van der Waals surface area contributed by atoms with E-state index in [9.17, 15) is 9.59 Å². The zero-order valence-corrected chi connectivity index (χ0v) is 16.9. The van der Waals surface area contributed by atoms with E-state index in [1.807, 2.05) is 34.1 Å². The highest BCUT2D eigenvalue weighted by atomic mass is 16.2. The Hall–Kier alpha value is -2.82. The van der Waals surface area contributed by atoms with Crippen LogP contribution in [0.4, 0.5) is 5.69 Å². The van der Waals surface area contributed by atoms with Crippen LogP contribution in [0.2, 0.25) is 0 Å². The van der Waals surface area contributed by atoms with Gasteiger partial charge in [-0.25, -0.2) is 0 Å². The van der Waals surface area contributed by atoms with Gasteiger partial charge in [0.1, 0.15) is 6.17 Å². The Labute approximate surface area is 171 Å². The molecule has 0 spiro atoms. The molecule has 0 N–H and O–H groups in total. The summed E-state index contributed by atoms with van der Waals surface area (Å²) < 4.78 is 0. The summed E-state index contributed by atoms with van der Waals surface area (Å²) in [5.41, 5.74) is 4.84. The molecule has 1 fully saturated rings. The fourth-order valence-corrected chi connectivity index (χ4v) is 5.03. The van der Waals surface area contributed by atoms with Crippen LogP contribution in [0.3, 0.4) is 0 Å². The summed E-state index contributed by atoms with van der Waals surface area (Å²) in [6.45, 7) is 2.20. The van der Waals surface area contributed by atoms with Gasteiger partial charge in [-0.1, -0.05) is 30.7 Å². The Bertz CT molecular complexity index is 970. The second-order valence-electron chi connectivity index (χ2n) is 8.42. The summed E-state index contributed by atoms with van der Waals surface area (Å²) in [5.74, 6) is 0.155. The molecule has 2 amide bonds. The number of benzene rings is 2. The zero-order valence-electron chi connectivity index (χ0n) is 16.9. The van der Waals surface area contributed by atoms with Crippen LogP contribution in [0.5, 0.6) is 0 Å². The van der Waals surface area contributed by atoms with Gasteiger partial charge in [0.2, 0.25) is 0 Å². The maximum absolute atomic E-state index is 13.2. The van der Waals surface area contributed by atoms with Crippen molar-refractivity contribution in [1.29, 1.82) is 0 Å². The third-order valence-corrected chi connectivity index (χ3v) is 6.70. The third kappa shape index (κ3) is 3.09. The number of rotatable bonds is 1. The molecule has 2 aromatic rings. The van der Waals surface area contributed by atoms with Crippen molar-refractivity contribution in [2.24, 2.45) is 0 Å². The topological polar surface area (TPSA) is 43.9 Å². The van der Waals surface area contributed by atoms with Crippen LogP contribution < -0.4 is 4.90 Å². The average molecular weight is 389 g/mol. The Kier molecular flexibility index (Phi) is 4.53. The van der Waals surface area contributed by atoms with Gasteiger partial charge < -0.3 is 14.7 Å². The molecule has 1 atom stereocenters. The summed E-state index contributed by atoms with van der Waals surface area (Å²) in [5, 5.41) is 0. The summed E-state index contributed by atoms with van der Waals surface area (Å²) in [6, 6.07) is 13.9. The summed E-state index contributed by atoms with van der Waals surface area (Å²) in [6.07, 6.45) is 5.36. The van der Waals surface area contributed by atoms with Crippen LogP contribution in [0.25, 0.3) is 0 Å². The summed E-state index contributed by atoms with van der Waals surface area (Å²) >= 11 is 0. The molecule has 0 radical (unpaired) electrons. The highest BCUT2D eigenvalue weighted by Crippen LogP contribution is 2.35. The predicted octanol–water partition coefficient (Wildman–Crippen LogP) is 3.68. The number of carbonyl (C=O) groups is 2. The van der Waals surface area contributed by atoms with E-state index in [4.69, 9.17) is 0 Å². The van der Waals surface area contributed by atoms with Crippen molar-refractivity contribution < 1.29 is 9.59 Å². The Morgan fingerprint density at radius 3 is 2.69 bits per heavy atom. The largest absolute Gasteiger partial charge is 0.354 e. The lowest BCUT2D eigenvalue weighted by Gasteiger charge is -2.43. The molecule has 2 aromatic carbocycles. The fraction of sp³-hybridized carbons (Fsp3) is 0.417. The SMILES string of the molecule is CN1c2cc(C(=O)N3CCc4ccccc4C3)ccc2C(=O)N2CCCCC[C@@H]21. The molecule has 1 saturated heterocycles. The molecule has 5 nitrogen and oxygen atoms in total. The van der Waals surface area contributed by atoms with Crippen molar-refractivity contribution in [3.05, 3.63) is 64.7 Å². The van der Waals surface area contributed by atoms with Crippen LogP contribution in [0.1, 0.15) is 57.5 Å². The van der Waals surface area contributed by atoms with E-state index in [-0.39, 0.29) is 18.0 Å². The number of fused-ring (bicyclic) bond motifs is 3. The maximum Gasteiger partial charge on any atom is 0.257 e. The summed E-state index contributed by atoms with van der Waals surface area (Å²) in [4.78, 5) is 32.4. The van der Waals surface area contributed by atoms with Crippen molar-refractivity contribution in [1.82, 2.24) is 9.80 Å². The molecular weight excluding hydrogens is 362 g/mol. The smallest absolute Gasteiger partial charge is 0.257 e. The lowest BCUT2D eigenvalue weighted by atomic mass is 9.98. The van der Waals surface area contributed by atoms with Gasteiger partial charge in [-0.3, -0.25) is 9.59 Å². The molecule has 0 aliphatic carbocycles. The Balaban J connectivity index is 1.44. The van der Waals surface area contributed by atoms with Crippen molar-refractivity contribution in [3.8, 4) is 0 Å². The van der Waals surface area contributed by atoms with Crippen molar-refractivity contribution in [2.75, 3.05) is 25.0 Å². The second kappa shape index (κ2) is 7.21. The molecule has 0 unspecified atom stereocenters.